The Morgan fingerprint density at radius 2 is 1.66 bits per heavy atom. The fourth-order valence-corrected chi connectivity index (χ4v) is 4.39. The van der Waals surface area contributed by atoms with Crippen LogP contribution in [0, 0.1) is 11.3 Å². The van der Waals surface area contributed by atoms with Gasteiger partial charge >= 0.3 is 6.09 Å². The lowest BCUT2D eigenvalue weighted by Crippen LogP contribution is -2.47. The van der Waals surface area contributed by atoms with Crippen LogP contribution in [0.3, 0.4) is 0 Å². The molecule has 0 atom stereocenters. The molecule has 0 saturated carbocycles. The van der Waals surface area contributed by atoms with E-state index in [1.54, 1.807) is 15.9 Å². The van der Waals surface area contributed by atoms with Crippen molar-refractivity contribution >= 4 is 23.4 Å². The summed E-state index contributed by atoms with van der Waals surface area (Å²) in [6, 6.07) is 17.6. The van der Waals surface area contributed by atoms with Gasteiger partial charge in [-0.2, -0.15) is 5.26 Å². The van der Waals surface area contributed by atoms with Crippen molar-refractivity contribution in [2.75, 3.05) is 31.1 Å². The third-order valence-electron chi connectivity index (χ3n) is 6.18. The number of nitriles is 1. The molecule has 0 aromatic heterocycles. The molecule has 3 rings (SSSR count). The van der Waals surface area contributed by atoms with E-state index in [0.717, 1.165) is 24.2 Å². The molecule has 0 aliphatic carbocycles. The van der Waals surface area contributed by atoms with Gasteiger partial charge in [-0.15, -0.1) is 0 Å². The van der Waals surface area contributed by atoms with Crippen molar-refractivity contribution in [3.8, 4) is 6.07 Å². The summed E-state index contributed by atoms with van der Waals surface area (Å²) in [4.78, 5) is 31.1. The maximum atomic E-state index is 12.8. The van der Waals surface area contributed by atoms with E-state index in [9.17, 15) is 14.9 Å². The second kappa shape index (κ2) is 11.3. The molecule has 1 heterocycles. The van der Waals surface area contributed by atoms with Crippen LogP contribution < -0.4 is 4.90 Å². The quantitative estimate of drug-likeness (QED) is 0.544. The van der Waals surface area contributed by atoms with Crippen molar-refractivity contribution in [1.82, 2.24) is 9.80 Å². The van der Waals surface area contributed by atoms with Gasteiger partial charge in [-0.05, 0) is 89.9 Å². The highest BCUT2D eigenvalue weighted by Crippen LogP contribution is 2.33. The predicted octanol–water partition coefficient (Wildman–Crippen LogP) is 5.58. The molecule has 0 unspecified atom stereocenters. The molecule has 186 valence electrons. The van der Waals surface area contributed by atoms with Crippen LogP contribution in [0.5, 0.6) is 0 Å². The molecule has 1 aliphatic rings. The summed E-state index contributed by atoms with van der Waals surface area (Å²) >= 11 is 0. The Kier molecular flexibility index (Phi) is 8.39. The molecule has 1 fully saturated rings. The minimum Gasteiger partial charge on any atom is -0.444 e. The number of carbonyl (C=O) groups excluding carboxylic acids is 2. The number of carbonyl (C=O) groups is 2. The van der Waals surface area contributed by atoms with E-state index < -0.39 is 5.60 Å². The molecule has 0 bridgehead atoms. The molecule has 1 aliphatic heterocycles. The van der Waals surface area contributed by atoms with Crippen molar-refractivity contribution in [3.05, 3.63) is 59.7 Å². The number of benzene rings is 2. The third kappa shape index (κ3) is 6.54. The van der Waals surface area contributed by atoms with Gasteiger partial charge in [0.2, 0.25) is 0 Å². The van der Waals surface area contributed by atoms with E-state index in [1.165, 1.54) is 0 Å². The average molecular weight is 477 g/mol. The Labute approximate surface area is 208 Å². The third-order valence-corrected chi connectivity index (χ3v) is 6.18. The average Bonchev–Trinajstić information content (AvgIpc) is 2.85. The fraction of sp³-hybridized carbons (Fsp3) is 0.464. The maximum Gasteiger partial charge on any atom is 0.410 e. The number of rotatable bonds is 6. The largest absolute Gasteiger partial charge is 0.444 e. The highest BCUT2D eigenvalue weighted by Gasteiger charge is 2.30. The second-order valence-corrected chi connectivity index (χ2v) is 9.76. The first-order valence-corrected chi connectivity index (χ1v) is 12.3. The summed E-state index contributed by atoms with van der Waals surface area (Å²) in [6.07, 6.45) is 1.24. The van der Waals surface area contributed by atoms with E-state index in [2.05, 4.69) is 11.0 Å². The van der Waals surface area contributed by atoms with Gasteiger partial charge in [0, 0.05) is 49.2 Å². The van der Waals surface area contributed by atoms with E-state index in [4.69, 9.17) is 4.74 Å². The molecule has 7 heteroatoms. The van der Waals surface area contributed by atoms with Gasteiger partial charge in [-0.25, -0.2) is 4.79 Å². The summed E-state index contributed by atoms with van der Waals surface area (Å²) in [5.74, 6) is 0.0187. The van der Waals surface area contributed by atoms with Crippen LogP contribution in [-0.2, 0) is 4.74 Å². The van der Waals surface area contributed by atoms with Crippen LogP contribution in [0.1, 0.15) is 63.4 Å². The van der Waals surface area contributed by atoms with Gasteiger partial charge in [0.25, 0.3) is 5.91 Å². The second-order valence-electron chi connectivity index (χ2n) is 9.76. The van der Waals surface area contributed by atoms with Crippen LogP contribution >= 0.6 is 0 Å². The van der Waals surface area contributed by atoms with Crippen LogP contribution in [0.15, 0.2) is 48.5 Å². The number of hydrogen-bond donors (Lipinski definition) is 0. The molecular weight excluding hydrogens is 440 g/mol. The number of nitrogens with zero attached hydrogens (tertiary/aromatic N) is 4. The van der Waals surface area contributed by atoms with Crippen molar-refractivity contribution in [3.63, 3.8) is 0 Å². The zero-order chi connectivity index (χ0) is 25.6. The SMILES string of the molecule is CCN(CC)C(=O)c1ccc(N(c2cccc(C#N)c2)C2CCN(C(=O)OC(C)(C)C)CC2)cc1. The van der Waals surface area contributed by atoms with Crippen molar-refractivity contribution in [2.24, 2.45) is 0 Å². The Morgan fingerprint density at radius 1 is 1.03 bits per heavy atom. The van der Waals surface area contributed by atoms with Gasteiger partial charge in [0.15, 0.2) is 0 Å². The van der Waals surface area contributed by atoms with E-state index in [-0.39, 0.29) is 18.0 Å². The number of hydrogen-bond acceptors (Lipinski definition) is 5. The van der Waals surface area contributed by atoms with Gasteiger partial charge in [-0.1, -0.05) is 6.07 Å². The van der Waals surface area contributed by atoms with Gasteiger partial charge in [0.05, 0.1) is 11.6 Å². The molecule has 0 N–H and O–H groups in total. The molecule has 7 nitrogen and oxygen atoms in total. The van der Waals surface area contributed by atoms with Crippen molar-refractivity contribution < 1.29 is 14.3 Å². The lowest BCUT2D eigenvalue weighted by Gasteiger charge is -2.40. The Balaban J connectivity index is 1.86. The molecule has 35 heavy (non-hydrogen) atoms. The Hall–Kier alpha value is -3.53. The summed E-state index contributed by atoms with van der Waals surface area (Å²) in [5, 5.41) is 9.44. The lowest BCUT2D eigenvalue weighted by molar-refractivity contribution is 0.0206. The maximum absolute atomic E-state index is 12.8. The van der Waals surface area contributed by atoms with Crippen LogP contribution in [0.2, 0.25) is 0 Å². The Morgan fingerprint density at radius 3 is 2.20 bits per heavy atom. The van der Waals surface area contributed by atoms with Crippen molar-refractivity contribution in [1.29, 1.82) is 5.26 Å². The molecule has 2 aromatic carbocycles. The zero-order valence-electron chi connectivity index (χ0n) is 21.5. The smallest absolute Gasteiger partial charge is 0.410 e. The van der Waals surface area contributed by atoms with E-state index in [0.29, 0.717) is 37.3 Å². The van der Waals surface area contributed by atoms with Crippen LogP contribution in [0.25, 0.3) is 0 Å². The van der Waals surface area contributed by atoms with Gasteiger partial charge in [-0.3, -0.25) is 4.79 Å². The molecular formula is C28H36N4O3. The predicted molar refractivity (Wildman–Crippen MR) is 138 cm³/mol. The highest BCUT2D eigenvalue weighted by atomic mass is 16.6. The van der Waals surface area contributed by atoms with E-state index >= 15 is 0 Å². The lowest BCUT2D eigenvalue weighted by atomic mass is 10.0. The topological polar surface area (TPSA) is 76.9 Å². The molecule has 2 amide bonds. The van der Waals surface area contributed by atoms with E-state index in [1.807, 2.05) is 77.1 Å². The molecule has 0 radical (unpaired) electrons. The highest BCUT2D eigenvalue weighted by molar-refractivity contribution is 5.94. The number of piperidine rings is 1. The standard InChI is InChI=1S/C28H36N4O3/c1-6-30(7-2)26(33)22-11-13-23(14-12-22)32(25-10-8-9-21(19-25)20-29)24-15-17-31(18-16-24)27(34)35-28(3,4)5/h8-14,19,24H,6-7,15-18H2,1-5H3. The Bertz CT molecular complexity index is 1060. The summed E-state index contributed by atoms with van der Waals surface area (Å²) in [7, 11) is 0. The number of amides is 2. The van der Waals surface area contributed by atoms with Gasteiger partial charge < -0.3 is 19.4 Å². The monoisotopic (exact) mass is 476 g/mol. The minimum atomic E-state index is -0.526. The first kappa shape index (κ1) is 26.1. The first-order chi connectivity index (χ1) is 16.7. The first-order valence-electron chi connectivity index (χ1n) is 12.3. The zero-order valence-corrected chi connectivity index (χ0v) is 21.5. The normalized spacial score (nSPS) is 14.2. The number of ether oxygens (including phenoxy) is 1. The van der Waals surface area contributed by atoms with Crippen molar-refractivity contribution in [2.45, 2.75) is 59.1 Å². The van der Waals surface area contributed by atoms with Gasteiger partial charge in [0.1, 0.15) is 5.60 Å². The fourth-order valence-electron chi connectivity index (χ4n) is 4.39. The minimum absolute atomic E-state index is 0.0187. The summed E-state index contributed by atoms with van der Waals surface area (Å²) in [5.41, 5.74) is 2.59. The number of anilines is 2. The molecule has 2 aromatic rings. The van der Waals surface area contributed by atoms with Crippen LogP contribution in [0.4, 0.5) is 16.2 Å². The number of likely N-dealkylation sites (tertiary alicyclic amines) is 1. The molecule has 1 saturated heterocycles. The van der Waals surface area contributed by atoms with Crippen LogP contribution in [-0.4, -0.2) is 59.6 Å². The summed E-state index contributed by atoms with van der Waals surface area (Å²) in [6.45, 7) is 12.1. The summed E-state index contributed by atoms with van der Waals surface area (Å²) < 4.78 is 5.55. The molecule has 0 spiro atoms.